The van der Waals surface area contributed by atoms with E-state index in [0.29, 0.717) is 13.1 Å². The van der Waals surface area contributed by atoms with Crippen molar-refractivity contribution in [2.45, 2.75) is 38.7 Å². The Morgan fingerprint density at radius 2 is 2.04 bits per heavy atom. The molecule has 2 atom stereocenters. The quantitative estimate of drug-likeness (QED) is 0.929. The molecule has 0 aromatic heterocycles. The van der Waals surface area contributed by atoms with Gasteiger partial charge in [-0.15, -0.1) is 0 Å². The van der Waals surface area contributed by atoms with Gasteiger partial charge in [0.05, 0.1) is 7.11 Å². The van der Waals surface area contributed by atoms with Crippen LogP contribution in [-0.2, 0) is 4.74 Å². The lowest BCUT2D eigenvalue weighted by atomic mass is 9.80. The fourth-order valence-corrected chi connectivity index (χ4v) is 3.09. The second-order valence-electron chi connectivity index (χ2n) is 7.01. The zero-order chi connectivity index (χ0) is 17.0. The monoisotopic (exact) mass is 321 g/mol. The predicted molar refractivity (Wildman–Crippen MR) is 88.7 cm³/mol. The summed E-state index contributed by atoms with van der Waals surface area (Å²) in [5.41, 5.74) is 0.587. The van der Waals surface area contributed by atoms with Crippen molar-refractivity contribution in [3.05, 3.63) is 29.8 Å². The lowest BCUT2D eigenvalue weighted by molar-refractivity contribution is 0.0101. The third-order valence-corrected chi connectivity index (χ3v) is 4.16. The molecule has 1 aromatic rings. The first-order valence-corrected chi connectivity index (χ1v) is 8.07. The average molecular weight is 321 g/mol. The number of aliphatic hydroxyl groups is 1. The molecular formula is C18H27NO4. The minimum atomic E-state index is -0.509. The van der Waals surface area contributed by atoms with E-state index in [1.54, 1.807) is 12.0 Å². The van der Waals surface area contributed by atoms with Gasteiger partial charge in [-0.2, -0.15) is 0 Å². The number of carbonyl (C=O) groups excluding carboxylic acids is 1. The van der Waals surface area contributed by atoms with E-state index in [4.69, 9.17) is 9.47 Å². The Balaban J connectivity index is 2.12. The summed E-state index contributed by atoms with van der Waals surface area (Å²) in [4.78, 5) is 13.9. The minimum Gasteiger partial charge on any atom is -0.496 e. The highest BCUT2D eigenvalue weighted by Crippen LogP contribution is 2.37. The molecule has 1 aliphatic rings. The molecule has 0 aliphatic carbocycles. The number of piperidine rings is 1. The molecule has 1 aliphatic heterocycles. The summed E-state index contributed by atoms with van der Waals surface area (Å²) in [6.07, 6.45) is 0.472. The summed E-state index contributed by atoms with van der Waals surface area (Å²) in [6.45, 7) is 6.71. The van der Waals surface area contributed by atoms with Crippen LogP contribution in [0.3, 0.4) is 0 Å². The van der Waals surface area contributed by atoms with E-state index in [9.17, 15) is 9.90 Å². The maximum Gasteiger partial charge on any atom is 0.410 e. The molecule has 0 saturated carbocycles. The molecule has 1 N–H and O–H groups in total. The minimum absolute atomic E-state index is 0.0208. The van der Waals surface area contributed by atoms with Gasteiger partial charge in [-0.05, 0) is 44.7 Å². The number of aliphatic hydroxyl groups excluding tert-OH is 1. The molecule has 0 bridgehead atoms. The maximum absolute atomic E-state index is 12.2. The van der Waals surface area contributed by atoms with Gasteiger partial charge in [0.1, 0.15) is 11.4 Å². The number of hydrogen-bond donors (Lipinski definition) is 1. The highest BCUT2D eigenvalue weighted by molar-refractivity contribution is 5.68. The number of ether oxygens (including phenoxy) is 2. The van der Waals surface area contributed by atoms with Crippen molar-refractivity contribution in [2.75, 3.05) is 26.8 Å². The van der Waals surface area contributed by atoms with Gasteiger partial charge in [0, 0.05) is 25.6 Å². The van der Waals surface area contributed by atoms with Crippen LogP contribution < -0.4 is 4.74 Å². The molecule has 23 heavy (non-hydrogen) atoms. The molecule has 5 heteroatoms. The summed E-state index contributed by atoms with van der Waals surface area (Å²) >= 11 is 0. The summed E-state index contributed by atoms with van der Waals surface area (Å²) in [5.74, 6) is 0.990. The smallest absolute Gasteiger partial charge is 0.410 e. The fraction of sp³-hybridized carbons (Fsp3) is 0.611. The van der Waals surface area contributed by atoms with Crippen LogP contribution in [-0.4, -0.2) is 48.5 Å². The van der Waals surface area contributed by atoms with E-state index in [0.717, 1.165) is 17.7 Å². The SMILES string of the molecule is COc1ccccc1[C@H]1CCN(C(=O)OC(C)(C)C)C[C@H]1CO. The van der Waals surface area contributed by atoms with Crippen LogP contribution in [0.1, 0.15) is 38.7 Å². The molecule has 1 fully saturated rings. The molecule has 5 nitrogen and oxygen atoms in total. The van der Waals surface area contributed by atoms with Gasteiger partial charge in [0.15, 0.2) is 0 Å². The Labute approximate surface area is 138 Å². The van der Waals surface area contributed by atoms with Crippen molar-refractivity contribution in [3.63, 3.8) is 0 Å². The number of methoxy groups -OCH3 is 1. The first kappa shape index (κ1) is 17.6. The normalized spacial score (nSPS) is 21.9. The number of para-hydroxylation sites is 1. The first-order valence-electron chi connectivity index (χ1n) is 8.07. The third kappa shape index (κ3) is 4.38. The molecule has 128 valence electrons. The summed E-state index contributed by atoms with van der Waals surface area (Å²) in [5, 5.41) is 9.80. The topological polar surface area (TPSA) is 59.0 Å². The van der Waals surface area contributed by atoms with Crippen molar-refractivity contribution in [2.24, 2.45) is 5.92 Å². The number of benzene rings is 1. The van der Waals surface area contributed by atoms with Gasteiger partial charge in [0.2, 0.25) is 0 Å². The van der Waals surface area contributed by atoms with E-state index in [2.05, 4.69) is 0 Å². The Hall–Kier alpha value is -1.75. The van der Waals surface area contributed by atoms with Gasteiger partial charge < -0.3 is 19.5 Å². The number of hydrogen-bond acceptors (Lipinski definition) is 4. The standard InChI is InChI=1S/C18H27NO4/c1-18(2,3)23-17(21)19-10-9-14(13(11-19)12-20)15-7-5-6-8-16(15)22-4/h5-8,13-14,20H,9-12H2,1-4H3/t13-,14-/m0/s1. The van der Waals surface area contributed by atoms with Gasteiger partial charge in [0.25, 0.3) is 0 Å². The van der Waals surface area contributed by atoms with Crippen LogP contribution in [0.5, 0.6) is 5.75 Å². The third-order valence-electron chi connectivity index (χ3n) is 4.16. The number of nitrogens with zero attached hydrogens (tertiary/aromatic N) is 1. The Morgan fingerprint density at radius 3 is 2.65 bits per heavy atom. The van der Waals surface area contributed by atoms with Crippen molar-refractivity contribution >= 4 is 6.09 Å². The lowest BCUT2D eigenvalue weighted by Gasteiger charge is -2.38. The number of carbonyl (C=O) groups is 1. The van der Waals surface area contributed by atoms with Crippen molar-refractivity contribution in [3.8, 4) is 5.75 Å². The summed E-state index contributed by atoms with van der Waals surface area (Å²) in [6, 6.07) is 7.89. The lowest BCUT2D eigenvalue weighted by Crippen LogP contribution is -2.46. The highest BCUT2D eigenvalue weighted by atomic mass is 16.6. The summed E-state index contributed by atoms with van der Waals surface area (Å²) < 4.78 is 10.9. The van der Waals surface area contributed by atoms with Gasteiger partial charge >= 0.3 is 6.09 Å². The maximum atomic E-state index is 12.2. The van der Waals surface area contributed by atoms with Gasteiger partial charge in [-0.3, -0.25) is 0 Å². The highest BCUT2D eigenvalue weighted by Gasteiger charge is 2.35. The average Bonchev–Trinajstić information content (AvgIpc) is 2.52. The molecule has 1 amide bonds. The molecule has 1 aromatic carbocycles. The Bertz CT molecular complexity index is 538. The largest absolute Gasteiger partial charge is 0.496 e. The molecular weight excluding hydrogens is 294 g/mol. The number of rotatable bonds is 3. The molecule has 1 saturated heterocycles. The van der Waals surface area contributed by atoms with Crippen LogP contribution in [0, 0.1) is 5.92 Å². The van der Waals surface area contributed by atoms with E-state index in [-0.39, 0.29) is 24.5 Å². The van der Waals surface area contributed by atoms with Crippen LogP contribution in [0.15, 0.2) is 24.3 Å². The zero-order valence-corrected chi connectivity index (χ0v) is 14.4. The van der Waals surface area contributed by atoms with E-state index >= 15 is 0 Å². The van der Waals surface area contributed by atoms with Crippen LogP contribution in [0.25, 0.3) is 0 Å². The Morgan fingerprint density at radius 1 is 1.35 bits per heavy atom. The summed E-state index contributed by atoms with van der Waals surface area (Å²) in [7, 11) is 1.66. The van der Waals surface area contributed by atoms with Crippen molar-refractivity contribution < 1.29 is 19.4 Å². The molecule has 0 radical (unpaired) electrons. The second kappa shape index (κ2) is 7.21. The second-order valence-corrected chi connectivity index (χ2v) is 7.01. The molecule has 0 spiro atoms. The molecule has 0 unspecified atom stereocenters. The number of likely N-dealkylation sites (tertiary alicyclic amines) is 1. The van der Waals surface area contributed by atoms with E-state index < -0.39 is 5.60 Å². The Kier molecular flexibility index (Phi) is 5.52. The van der Waals surface area contributed by atoms with Crippen LogP contribution in [0.2, 0.25) is 0 Å². The van der Waals surface area contributed by atoms with Crippen LogP contribution >= 0.6 is 0 Å². The number of amides is 1. The first-order chi connectivity index (χ1) is 10.9. The van der Waals surface area contributed by atoms with Gasteiger partial charge in [-0.25, -0.2) is 4.79 Å². The van der Waals surface area contributed by atoms with E-state index in [1.807, 2.05) is 45.0 Å². The molecule has 2 rings (SSSR count). The predicted octanol–water partition coefficient (Wildman–Crippen LogP) is 3.03. The fourth-order valence-electron chi connectivity index (χ4n) is 3.09. The van der Waals surface area contributed by atoms with Gasteiger partial charge in [-0.1, -0.05) is 18.2 Å². The van der Waals surface area contributed by atoms with E-state index in [1.165, 1.54) is 0 Å². The molecule has 1 heterocycles. The van der Waals surface area contributed by atoms with Crippen molar-refractivity contribution in [1.29, 1.82) is 0 Å². The van der Waals surface area contributed by atoms with Crippen molar-refractivity contribution in [1.82, 2.24) is 4.90 Å². The zero-order valence-electron chi connectivity index (χ0n) is 14.4. The van der Waals surface area contributed by atoms with Crippen LogP contribution in [0.4, 0.5) is 4.79 Å².